The average molecular weight is 204 g/mol. The predicted octanol–water partition coefficient (Wildman–Crippen LogP) is 0.828. The fourth-order valence-electron chi connectivity index (χ4n) is 0.758. The molecule has 0 amide bonds. The van der Waals surface area contributed by atoms with Crippen molar-refractivity contribution >= 4 is 22.7 Å². The Morgan fingerprint density at radius 1 is 1.46 bits per heavy atom. The fraction of sp³-hybridized carbons (Fsp3) is 0. The molecule has 0 heterocycles. The van der Waals surface area contributed by atoms with Gasteiger partial charge in [0, 0.05) is 23.7 Å². The van der Waals surface area contributed by atoms with Crippen LogP contribution in [0, 0.1) is 5.21 Å². The van der Waals surface area contributed by atoms with E-state index < -0.39 is 10.7 Å². The van der Waals surface area contributed by atoms with Crippen molar-refractivity contribution in [1.82, 2.24) is 0 Å². The number of hydrogen-bond donors (Lipinski definition) is 2. The third-order valence-electron chi connectivity index (χ3n) is 1.30. The van der Waals surface area contributed by atoms with E-state index in [4.69, 9.17) is 16.8 Å². The Bertz CT molecular complexity index is 298. The van der Waals surface area contributed by atoms with Crippen molar-refractivity contribution in [1.29, 1.82) is 0 Å². The van der Waals surface area contributed by atoms with Gasteiger partial charge in [-0.25, -0.2) is 10.0 Å². The summed E-state index contributed by atoms with van der Waals surface area (Å²) < 4.78 is 4.48. The molecule has 1 unspecified atom stereocenters. The minimum Gasteiger partial charge on any atom is -0.595 e. The summed E-state index contributed by atoms with van der Waals surface area (Å²) in [4.78, 5) is 10.3. The first-order valence-electron chi connectivity index (χ1n) is 3.30. The first-order chi connectivity index (χ1) is 6.09. The number of halogens is 1. The highest BCUT2D eigenvalue weighted by Crippen LogP contribution is 2.13. The van der Waals surface area contributed by atoms with Crippen LogP contribution in [0.2, 0.25) is 0 Å². The van der Waals surface area contributed by atoms with Crippen LogP contribution in [0.5, 0.6) is 5.75 Å². The molecule has 0 aliphatic carbocycles. The Kier molecular flexibility index (Phi) is 3.21. The number of ether oxygens (including phenoxy) is 1. The molecule has 6 heteroatoms. The van der Waals surface area contributed by atoms with E-state index in [2.05, 4.69) is 4.74 Å². The van der Waals surface area contributed by atoms with Gasteiger partial charge in [-0.05, 0) is 12.1 Å². The molecular weight excluding hydrogens is 198 g/mol. The molecule has 70 valence electrons. The van der Waals surface area contributed by atoms with Crippen LogP contribution in [0.25, 0.3) is 0 Å². The van der Waals surface area contributed by atoms with Gasteiger partial charge in [0.25, 0.3) is 0 Å². The van der Waals surface area contributed by atoms with Crippen LogP contribution < -0.4 is 9.96 Å². The molecule has 0 bridgehead atoms. The zero-order valence-electron chi connectivity index (χ0n) is 6.36. The molecule has 0 aliphatic heterocycles. The van der Waals surface area contributed by atoms with Gasteiger partial charge in [-0.1, -0.05) is 0 Å². The Morgan fingerprint density at radius 3 is 2.38 bits per heavy atom. The molecule has 0 spiro atoms. The van der Waals surface area contributed by atoms with Crippen LogP contribution in [0.4, 0.5) is 10.5 Å². The summed E-state index contributed by atoms with van der Waals surface area (Å²) in [6.45, 7) is 0. The minimum absolute atomic E-state index is 0.120. The Hall–Kier alpha value is -1.14. The van der Waals surface area contributed by atoms with Gasteiger partial charge in [0.05, 0.1) is 0 Å². The van der Waals surface area contributed by atoms with Crippen molar-refractivity contribution in [2.75, 3.05) is 0 Å². The summed E-state index contributed by atoms with van der Waals surface area (Å²) in [5.41, 5.74) is -0.836. The van der Waals surface area contributed by atoms with E-state index in [0.717, 1.165) is 0 Å². The van der Waals surface area contributed by atoms with Gasteiger partial charge in [0.2, 0.25) is 0 Å². The highest BCUT2D eigenvalue weighted by molar-refractivity contribution is 6.61. The largest absolute Gasteiger partial charge is 0.595 e. The number of carbonyl (C=O) groups is 1. The first-order valence-corrected chi connectivity index (χ1v) is 3.68. The quantitative estimate of drug-likeness (QED) is 0.552. The second-order valence-corrected chi connectivity index (χ2v) is 2.48. The molecule has 1 aromatic carbocycles. The third-order valence-corrected chi connectivity index (χ3v) is 1.38. The molecule has 0 fully saturated rings. The third kappa shape index (κ3) is 3.00. The van der Waals surface area contributed by atoms with Crippen LogP contribution in [0.3, 0.4) is 0 Å². The molecule has 13 heavy (non-hydrogen) atoms. The van der Waals surface area contributed by atoms with Gasteiger partial charge in [-0.2, -0.15) is 5.23 Å². The van der Waals surface area contributed by atoms with Crippen LogP contribution in [0.15, 0.2) is 24.3 Å². The summed E-state index contributed by atoms with van der Waals surface area (Å²) in [7, 11) is 0. The van der Waals surface area contributed by atoms with Crippen molar-refractivity contribution in [3.8, 4) is 5.75 Å². The molecule has 5 nitrogen and oxygen atoms in total. The molecule has 1 aromatic rings. The van der Waals surface area contributed by atoms with Crippen LogP contribution >= 0.6 is 11.6 Å². The highest BCUT2D eigenvalue weighted by Gasteiger charge is 2.02. The summed E-state index contributed by atoms with van der Waals surface area (Å²) in [6.07, 6.45) is 0. The van der Waals surface area contributed by atoms with Crippen LogP contribution in [-0.2, 0) is 0 Å². The number of quaternary nitrogens is 1. The molecular formula is C7H6ClNO4. The maximum absolute atomic E-state index is 10.4. The Labute approximate surface area is 78.6 Å². The lowest BCUT2D eigenvalue weighted by molar-refractivity contribution is -0.991. The van der Waals surface area contributed by atoms with Crippen molar-refractivity contribution in [2.45, 2.75) is 0 Å². The number of carbonyl (C=O) groups excluding carboxylic acids is 1. The lowest BCUT2D eigenvalue weighted by atomic mass is 10.3. The summed E-state index contributed by atoms with van der Waals surface area (Å²) in [5, 5.41) is 17.9. The first kappa shape index (κ1) is 9.94. The van der Waals surface area contributed by atoms with Crippen LogP contribution in [0.1, 0.15) is 0 Å². The second-order valence-electron chi connectivity index (χ2n) is 2.17. The number of benzene rings is 1. The summed E-state index contributed by atoms with van der Waals surface area (Å²) in [5.74, 6) is 0.213. The highest BCUT2D eigenvalue weighted by atomic mass is 35.5. The second kappa shape index (κ2) is 4.20. The SMILES string of the molecule is O=C(Cl)Oc1ccc([NH+]([O-])O)cc1. The van der Waals surface area contributed by atoms with Gasteiger partial charge < -0.3 is 9.94 Å². The Morgan fingerprint density at radius 2 is 2.00 bits per heavy atom. The number of rotatable bonds is 2. The molecule has 0 aliphatic rings. The van der Waals surface area contributed by atoms with Gasteiger partial charge in [0.1, 0.15) is 5.75 Å². The molecule has 0 saturated carbocycles. The molecule has 0 saturated heterocycles. The molecule has 0 aromatic heterocycles. The van der Waals surface area contributed by atoms with E-state index in [-0.39, 0.29) is 11.4 Å². The van der Waals surface area contributed by atoms with E-state index in [0.29, 0.717) is 0 Å². The average Bonchev–Trinajstić information content (AvgIpc) is 2.04. The van der Waals surface area contributed by atoms with Crippen molar-refractivity contribution < 1.29 is 20.0 Å². The standard InChI is InChI=1S/C7H6ClNO4/c8-7(10)13-6-3-1-5(2-4-6)9(11)12/h1-4,9,11H. The predicted molar refractivity (Wildman–Crippen MR) is 44.1 cm³/mol. The number of nitrogens with one attached hydrogen (secondary N) is 1. The van der Waals surface area contributed by atoms with E-state index in [1.165, 1.54) is 24.3 Å². The normalized spacial score (nSPS) is 12.2. The molecule has 0 radical (unpaired) electrons. The monoisotopic (exact) mass is 203 g/mol. The topological polar surface area (TPSA) is 74.0 Å². The van der Waals surface area contributed by atoms with Gasteiger partial charge in [0.15, 0.2) is 5.69 Å². The van der Waals surface area contributed by atoms with E-state index in [9.17, 15) is 10.0 Å². The minimum atomic E-state index is -1.04. The maximum Gasteiger partial charge on any atom is 0.409 e. The smallest absolute Gasteiger partial charge is 0.409 e. The van der Waals surface area contributed by atoms with Crippen molar-refractivity contribution in [3.63, 3.8) is 0 Å². The molecule has 1 atom stereocenters. The molecule has 2 N–H and O–H groups in total. The van der Waals surface area contributed by atoms with E-state index in [1.54, 1.807) is 0 Å². The summed E-state index contributed by atoms with van der Waals surface area (Å²) in [6, 6.07) is 5.34. The zero-order chi connectivity index (χ0) is 9.84. The van der Waals surface area contributed by atoms with Crippen LogP contribution in [-0.4, -0.2) is 10.6 Å². The Balaban J connectivity index is 2.75. The van der Waals surface area contributed by atoms with E-state index in [1.807, 2.05) is 0 Å². The van der Waals surface area contributed by atoms with Gasteiger partial charge >= 0.3 is 5.43 Å². The lowest BCUT2D eigenvalue weighted by Crippen LogP contribution is -2.99. The number of hydrogen-bond acceptors (Lipinski definition) is 4. The zero-order valence-corrected chi connectivity index (χ0v) is 7.12. The lowest BCUT2D eigenvalue weighted by Gasteiger charge is -2.10. The van der Waals surface area contributed by atoms with Crippen molar-refractivity contribution in [2.24, 2.45) is 0 Å². The maximum atomic E-state index is 10.4. The van der Waals surface area contributed by atoms with Gasteiger partial charge in [-0.3, -0.25) is 0 Å². The van der Waals surface area contributed by atoms with E-state index >= 15 is 0 Å². The summed E-state index contributed by atoms with van der Waals surface area (Å²) >= 11 is 4.94. The van der Waals surface area contributed by atoms with Gasteiger partial charge in [-0.15, -0.1) is 0 Å². The molecule has 1 rings (SSSR count). The van der Waals surface area contributed by atoms with Crippen molar-refractivity contribution in [3.05, 3.63) is 29.5 Å². The fourth-order valence-corrected chi connectivity index (χ4v) is 0.847.